The molecule has 0 heterocycles. The Labute approximate surface area is 111 Å². The fourth-order valence-corrected chi connectivity index (χ4v) is 1.52. The first kappa shape index (κ1) is 14.3. The molecule has 0 aliphatic heterocycles. The SMILES string of the molecule is C=COC=C.O=C(O)Nc1cccc2ccccc12. The summed E-state index contributed by atoms with van der Waals surface area (Å²) in [4.78, 5) is 10.5. The van der Waals surface area contributed by atoms with Gasteiger partial charge in [-0.3, -0.25) is 5.32 Å². The van der Waals surface area contributed by atoms with Crippen molar-refractivity contribution in [2.24, 2.45) is 0 Å². The molecule has 2 rings (SSSR count). The molecule has 0 bridgehead atoms. The van der Waals surface area contributed by atoms with Crippen molar-refractivity contribution in [3.63, 3.8) is 0 Å². The number of hydrogen-bond acceptors (Lipinski definition) is 2. The number of carbonyl (C=O) groups is 1. The number of amides is 1. The van der Waals surface area contributed by atoms with Gasteiger partial charge in [0.25, 0.3) is 0 Å². The number of carboxylic acid groups (broad SMARTS) is 1. The number of anilines is 1. The second-order valence-corrected chi connectivity index (χ2v) is 3.43. The van der Waals surface area contributed by atoms with Crippen LogP contribution in [0.2, 0.25) is 0 Å². The molecule has 1 amide bonds. The van der Waals surface area contributed by atoms with E-state index in [0.29, 0.717) is 5.69 Å². The highest BCUT2D eigenvalue weighted by Gasteiger charge is 2.01. The van der Waals surface area contributed by atoms with Crippen LogP contribution in [0.4, 0.5) is 10.5 Å². The molecule has 0 saturated heterocycles. The van der Waals surface area contributed by atoms with Crippen LogP contribution in [-0.2, 0) is 4.74 Å². The first-order chi connectivity index (χ1) is 9.19. The number of rotatable bonds is 3. The maximum absolute atomic E-state index is 10.5. The quantitative estimate of drug-likeness (QED) is 0.809. The van der Waals surface area contributed by atoms with Crippen LogP contribution in [0.3, 0.4) is 0 Å². The molecule has 0 aromatic heterocycles. The van der Waals surface area contributed by atoms with Gasteiger partial charge in [-0.1, -0.05) is 49.6 Å². The van der Waals surface area contributed by atoms with Gasteiger partial charge in [0.05, 0.1) is 18.2 Å². The summed E-state index contributed by atoms with van der Waals surface area (Å²) in [5.74, 6) is 0. The van der Waals surface area contributed by atoms with Crippen LogP contribution in [0.1, 0.15) is 0 Å². The summed E-state index contributed by atoms with van der Waals surface area (Å²) in [6.45, 7) is 6.51. The summed E-state index contributed by atoms with van der Waals surface area (Å²) in [6, 6.07) is 13.2. The zero-order chi connectivity index (χ0) is 14.1. The maximum atomic E-state index is 10.5. The van der Waals surface area contributed by atoms with Crippen molar-refractivity contribution in [2.75, 3.05) is 5.32 Å². The van der Waals surface area contributed by atoms with Crippen molar-refractivity contribution in [1.82, 2.24) is 0 Å². The summed E-state index contributed by atoms with van der Waals surface area (Å²) in [5, 5.41) is 12.9. The minimum absolute atomic E-state index is 0.621. The molecule has 2 N–H and O–H groups in total. The van der Waals surface area contributed by atoms with Gasteiger partial charge in [-0.05, 0) is 11.5 Å². The topological polar surface area (TPSA) is 58.6 Å². The van der Waals surface area contributed by atoms with E-state index >= 15 is 0 Å². The van der Waals surface area contributed by atoms with E-state index in [4.69, 9.17) is 5.11 Å². The number of nitrogens with one attached hydrogen (secondary N) is 1. The monoisotopic (exact) mass is 257 g/mol. The molecule has 19 heavy (non-hydrogen) atoms. The van der Waals surface area contributed by atoms with Gasteiger partial charge in [0.1, 0.15) is 0 Å². The van der Waals surface area contributed by atoms with E-state index in [9.17, 15) is 4.79 Å². The van der Waals surface area contributed by atoms with Gasteiger partial charge in [-0.2, -0.15) is 0 Å². The molecular formula is C15H15NO3. The summed E-state index contributed by atoms with van der Waals surface area (Å²) in [7, 11) is 0. The van der Waals surface area contributed by atoms with Crippen LogP contribution in [0.5, 0.6) is 0 Å². The standard InChI is InChI=1S/C11H9NO2.C4H6O/c13-11(14)12-10-7-3-5-8-4-1-2-6-9(8)10;1-3-5-4-2/h1-7,12H,(H,13,14);3-4H,1-2H2. The zero-order valence-electron chi connectivity index (χ0n) is 10.4. The predicted molar refractivity (Wildman–Crippen MR) is 77.1 cm³/mol. The van der Waals surface area contributed by atoms with E-state index in [1.807, 2.05) is 36.4 Å². The van der Waals surface area contributed by atoms with E-state index in [1.165, 1.54) is 12.5 Å². The lowest BCUT2D eigenvalue weighted by Crippen LogP contribution is -2.07. The van der Waals surface area contributed by atoms with Gasteiger partial charge in [-0.15, -0.1) is 0 Å². The smallest absolute Gasteiger partial charge is 0.409 e. The number of ether oxygens (including phenoxy) is 1. The molecule has 0 radical (unpaired) electrons. The van der Waals surface area contributed by atoms with Gasteiger partial charge in [0.15, 0.2) is 0 Å². The molecule has 0 atom stereocenters. The fraction of sp³-hybridized carbons (Fsp3) is 0. The Kier molecular flexibility index (Phi) is 5.69. The Morgan fingerprint density at radius 1 is 1.11 bits per heavy atom. The predicted octanol–water partition coefficient (Wildman–Crippen LogP) is 4.22. The van der Waals surface area contributed by atoms with Gasteiger partial charge < -0.3 is 9.84 Å². The lowest BCUT2D eigenvalue weighted by Gasteiger charge is -2.04. The van der Waals surface area contributed by atoms with Gasteiger partial charge in [0.2, 0.25) is 0 Å². The van der Waals surface area contributed by atoms with Crippen LogP contribution < -0.4 is 5.32 Å². The Hall–Kier alpha value is -2.75. The van der Waals surface area contributed by atoms with Gasteiger partial charge in [0, 0.05) is 5.39 Å². The molecule has 0 saturated carbocycles. The van der Waals surface area contributed by atoms with Crippen molar-refractivity contribution < 1.29 is 14.6 Å². The first-order valence-corrected chi connectivity index (χ1v) is 5.54. The second-order valence-electron chi connectivity index (χ2n) is 3.43. The van der Waals surface area contributed by atoms with Crippen LogP contribution in [0, 0.1) is 0 Å². The average molecular weight is 257 g/mol. The molecule has 0 fully saturated rings. The van der Waals surface area contributed by atoms with Crippen LogP contribution in [0.15, 0.2) is 68.1 Å². The van der Waals surface area contributed by atoms with Gasteiger partial charge in [-0.25, -0.2) is 4.79 Å². The third-order valence-electron chi connectivity index (χ3n) is 2.22. The normalized spacial score (nSPS) is 8.84. The largest absolute Gasteiger partial charge is 0.474 e. The summed E-state index contributed by atoms with van der Waals surface area (Å²) < 4.78 is 4.36. The molecular weight excluding hydrogens is 242 g/mol. The second kappa shape index (κ2) is 7.55. The summed E-state index contributed by atoms with van der Waals surface area (Å²) >= 11 is 0. The Morgan fingerprint density at radius 3 is 2.32 bits per heavy atom. The highest BCUT2D eigenvalue weighted by atomic mass is 16.5. The van der Waals surface area contributed by atoms with Crippen molar-refractivity contribution in [3.05, 3.63) is 68.1 Å². The minimum atomic E-state index is -1.04. The Morgan fingerprint density at radius 2 is 1.74 bits per heavy atom. The third kappa shape index (κ3) is 4.55. The van der Waals surface area contributed by atoms with Gasteiger partial charge >= 0.3 is 6.09 Å². The minimum Gasteiger partial charge on any atom is -0.474 e. The molecule has 4 heteroatoms. The maximum Gasteiger partial charge on any atom is 0.409 e. The van der Waals surface area contributed by atoms with E-state index in [0.717, 1.165) is 10.8 Å². The highest BCUT2D eigenvalue weighted by Crippen LogP contribution is 2.22. The van der Waals surface area contributed by atoms with E-state index in [1.54, 1.807) is 6.07 Å². The van der Waals surface area contributed by atoms with Crippen LogP contribution >= 0.6 is 0 Å². The van der Waals surface area contributed by atoms with E-state index in [2.05, 4.69) is 23.2 Å². The summed E-state index contributed by atoms with van der Waals surface area (Å²) in [6.07, 6.45) is 1.58. The molecule has 0 unspecified atom stereocenters. The molecule has 0 aliphatic carbocycles. The molecule has 4 nitrogen and oxygen atoms in total. The van der Waals surface area contributed by atoms with E-state index < -0.39 is 6.09 Å². The number of hydrogen-bond donors (Lipinski definition) is 2. The number of fused-ring (bicyclic) bond motifs is 1. The van der Waals surface area contributed by atoms with Crippen molar-refractivity contribution in [1.29, 1.82) is 0 Å². The summed E-state index contributed by atoms with van der Waals surface area (Å²) in [5.41, 5.74) is 0.621. The van der Waals surface area contributed by atoms with E-state index in [-0.39, 0.29) is 0 Å². The zero-order valence-corrected chi connectivity index (χ0v) is 10.4. The van der Waals surface area contributed by atoms with Crippen molar-refractivity contribution in [3.8, 4) is 0 Å². The fourth-order valence-electron chi connectivity index (χ4n) is 1.52. The Balaban J connectivity index is 0.000000312. The average Bonchev–Trinajstić information content (AvgIpc) is 2.40. The lowest BCUT2D eigenvalue weighted by atomic mass is 10.1. The van der Waals surface area contributed by atoms with Crippen LogP contribution in [-0.4, -0.2) is 11.2 Å². The van der Waals surface area contributed by atoms with Crippen molar-refractivity contribution >= 4 is 22.6 Å². The highest BCUT2D eigenvalue weighted by molar-refractivity contribution is 5.99. The van der Waals surface area contributed by atoms with Crippen molar-refractivity contribution in [2.45, 2.75) is 0 Å². The third-order valence-corrected chi connectivity index (χ3v) is 2.22. The first-order valence-electron chi connectivity index (χ1n) is 5.54. The molecule has 0 aliphatic rings. The molecule has 2 aromatic carbocycles. The molecule has 0 spiro atoms. The Bertz CT molecular complexity index is 567. The molecule has 2 aromatic rings. The van der Waals surface area contributed by atoms with Crippen LogP contribution in [0.25, 0.3) is 10.8 Å². The number of benzene rings is 2. The lowest BCUT2D eigenvalue weighted by molar-refractivity contribution is 0.210. The molecule has 98 valence electrons.